The van der Waals surface area contributed by atoms with E-state index in [2.05, 4.69) is 9.64 Å². The molecule has 0 spiro atoms. The minimum absolute atomic E-state index is 0.0353. The van der Waals surface area contributed by atoms with E-state index in [4.69, 9.17) is 0 Å². The standard InChI is InChI=1S/C16H24N2O3/c1-12(2)18(11-15(19)21-5)16(20)14-8-6-13(7-9-14)10-17(3)4/h6-9,12H,10-11H2,1-5H3. The molecule has 0 N–H and O–H groups in total. The van der Waals surface area contributed by atoms with Crippen LogP contribution in [0.3, 0.4) is 0 Å². The quantitative estimate of drug-likeness (QED) is 0.750. The largest absolute Gasteiger partial charge is 0.468 e. The molecule has 0 unspecified atom stereocenters. The number of amides is 1. The van der Waals surface area contributed by atoms with Gasteiger partial charge >= 0.3 is 5.97 Å². The minimum Gasteiger partial charge on any atom is -0.468 e. The third-order valence-electron chi connectivity index (χ3n) is 3.11. The normalized spacial score (nSPS) is 10.8. The van der Waals surface area contributed by atoms with Gasteiger partial charge in [-0.25, -0.2) is 0 Å². The van der Waals surface area contributed by atoms with Gasteiger partial charge in [0.05, 0.1) is 7.11 Å². The molecule has 1 aromatic rings. The molecule has 1 amide bonds. The fourth-order valence-electron chi connectivity index (χ4n) is 1.98. The van der Waals surface area contributed by atoms with Gasteiger partial charge in [0.25, 0.3) is 5.91 Å². The number of carbonyl (C=O) groups is 2. The van der Waals surface area contributed by atoms with Crippen LogP contribution in [0.1, 0.15) is 29.8 Å². The summed E-state index contributed by atoms with van der Waals surface area (Å²) in [6, 6.07) is 7.40. The summed E-state index contributed by atoms with van der Waals surface area (Å²) in [4.78, 5) is 27.5. The van der Waals surface area contributed by atoms with Crippen LogP contribution in [0.15, 0.2) is 24.3 Å². The van der Waals surface area contributed by atoms with Gasteiger partial charge in [-0.3, -0.25) is 9.59 Å². The number of esters is 1. The fraction of sp³-hybridized carbons (Fsp3) is 0.500. The van der Waals surface area contributed by atoms with E-state index in [0.29, 0.717) is 5.56 Å². The lowest BCUT2D eigenvalue weighted by Gasteiger charge is -2.25. The average molecular weight is 292 g/mol. The van der Waals surface area contributed by atoms with Crippen molar-refractivity contribution in [2.24, 2.45) is 0 Å². The van der Waals surface area contributed by atoms with Crippen LogP contribution in [-0.4, -0.2) is 55.5 Å². The highest BCUT2D eigenvalue weighted by atomic mass is 16.5. The van der Waals surface area contributed by atoms with Gasteiger partial charge in [0.15, 0.2) is 0 Å². The first-order valence-corrected chi connectivity index (χ1v) is 6.96. The summed E-state index contributed by atoms with van der Waals surface area (Å²) >= 11 is 0. The second-order valence-electron chi connectivity index (χ2n) is 5.54. The second-order valence-corrected chi connectivity index (χ2v) is 5.54. The van der Waals surface area contributed by atoms with Crippen molar-refractivity contribution in [1.29, 1.82) is 0 Å². The Morgan fingerprint density at radius 2 is 1.71 bits per heavy atom. The molecule has 0 atom stereocenters. The summed E-state index contributed by atoms with van der Waals surface area (Å²) in [6.07, 6.45) is 0. The van der Waals surface area contributed by atoms with Crippen molar-refractivity contribution in [2.75, 3.05) is 27.7 Å². The smallest absolute Gasteiger partial charge is 0.325 e. The summed E-state index contributed by atoms with van der Waals surface area (Å²) in [5.41, 5.74) is 1.72. The van der Waals surface area contributed by atoms with Gasteiger partial charge in [0.2, 0.25) is 0 Å². The van der Waals surface area contributed by atoms with Crippen molar-refractivity contribution >= 4 is 11.9 Å². The number of hydrogen-bond donors (Lipinski definition) is 0. The fourth-order valence-corrected chi connectivity index (χ4v) is 1.98. The van der Waals surface area contributed by atoms with Gasteiger partial charge < -0.3 is 14.5 Å². The Bertz CT molecular complexity index is 481. The monoisotopic (exact) mass is 292 g/mol. The zero-order valence-corrected chi connectivity index (χ0v) is 13.4. The summed E-state index contributed by atoms with van der Waals surface area (Å²) in [7, 11) is 5.31. The number of carbonyl (C=O) groups excluding carboxylic acids is 2. The Kier molecular flexibility index (Phi) is 6.37. The van der Waals surface area contributed by atoms with Crippen LogP contribution < -0.4 is 0 Å². The van der Waals surface area contributed by atoms with Gasteiger partial charge in [0, 0.05) is 18.2 Å². The molecular weight excluding hydrogens is 268 g/mol. The second kappa shape index (κ2) is 7.78. The molecule has 0 bridgehead atoms. The molecule has 0 saturated carbocycles. The van der Waals surface area contributed by atoms with Crippen LogP contribution in [0, 0.1) is 0 Å². The maximum absolute atomic E-state index is 12.5. The average Bonchev–Trinajstić information content (AvgIpc) is 2.43. The Labute approximate surface area is 126 Å². The molecule has 0 aliphatic carbocycles. The van der Waals surface area contributed by atoms with Crippen LogP contribution >= 0.6 is 0 Å². The topological polar surface area (TPSA) is 49.9 Å². The van der Waals surface area contributed by atoms with Crippen LogP contribution in [-0.2, 0) is 16.1 Å². The van der Waals surface area contributed by atoms with E-state index in [-0.39, 0.29) is 18.5 Å². The maximum Gasteiger partial charge on any atom is 0.325 e. The van der Waals surface area contributed by atoms with Crippen molar-refractivity contribution in [2.45, 2.75) is 26.4 Å². The van der Waals surface area contributed by atoms with Crippen molar-refractivity contribution < 1.29 is 14.3 Å². The van der Waals surface area contributed by atoms with Crippen LogP contribution in [0.4, 0.5) is 0 Å². The molecule has 1 aromatic carbocycles. The first kappa shape index (κ1) is 17.2. The van der Waals surface area contributed by atoms with Crippen LogP contribution in [0.2, 0.25) is 0 Å². The highest BCUT2D eigenvalue weighted by Gasteiger charge is 2.21. The molecular formula is C16H24N2O3. The first-order valence-electron chi connectivity index (χ1n) is 6.96. The summed E-state index contributed by atoms with van der Waals surface area (Å²) in [6.45, 7) is 4.54. The predicted molar refractivity (Wildman–Crippen MR) is 82.0 cm³/mol. The Morgan fingerprint density at radius 1 is 1.14 bits per heavy atom. The van der Waals surface area contributed by atoms with E-state index in [1.165, 1.54) is 12.0 Å². The van der Waals surface area contributed by atoms with Crippen molar-refractivity contribution in [3.8, 4) is 0 Å². The van der Waals surface area contributed by atoms with E-state index < -0.39 is 5.97 Å². The number of rotatable bonds is 6. The number of methoxy groups -OCH3 is 1. The van der Waals surface area contributed by atoms with Crippen molar-refractivity contribution in [3.63, 3.8) is 0 Å². The molecule has 21 heavy (non-hydrogen) atoms. The lowest BCUT2D eigenvalue weighted by Crippen LogP contribution is -2.41. The van der Waals surface area contributed by atoms with Gasteiger partial charge in [-0.1, -0.05) is 12.1 Å². The molecule has 0 aliphatic rings. The highest BCUT2D eigenvalue weighted by Crippen LogP contribution is 2.11. The lowest BCUT2D eigenvalue weighted by molar-refractivity contribution is -0.141. The molecule has 0 fully saturated rings. The number of benzene rings is 1. The van der Waals surface area contributed by atoms with Crippen LogP contribution in [0.25, 0.3) is 0 Å². The van der Waals surface area contributed by atoms with Crippen molar-refractivity contribution in [1.82, 2.24) is 9.80 Å². The highest BCUT2D eigenvalue weighted by molar-refractivity contribution is 5.96. The molecule has 0 aromatic heterocycles. The Hall–Kier alpha value is -1.88. The first-order chi connectivity index (χ1) is 9.85. The van der Waals surface area contributed by atoms with E-state index >= 15 is 0 Å². The molecule has 1 rings (SSSR count). The molecule has 116 valence electrons. The third kappa shape index (κ3) is 5.19. The SMILES string of the molecule is COC(=O)CN(C(=O)c1ccc(CN(C)C)cc1)C(C)C. The van der Waals surface area contributed by atoms with E-state index in [1.807, 2.05) is 40.1 Å². The zero-order chi connectivity index (χ0) is 16.0. The van der Waals surface area contributed by atoms with Gasteiger partial charge in [-0.2, -0.15) is 0 Å². The van der Waals surface area contributed by atoms with Gasteiger partial charge in [-0.15, -0.1) is 0 Å². The summed E-state index contributed by atoms with van der Waals surface area (Å²) < 4.78 is 4.64. The van der Waals surface area contributed by atoms with Gasteiger partial charge in [0.1, 0.15) is 6.54 Å². The van der Waals surface area contributed by atoms with Crippen molar-refractivity contribution in [3.05, 3.63) is 35.4 Å². The molecule has 0 saturated heterocycles. The maximum atomic E-state index is 12.5. The molecule has 5 nitrogen and oxygen atoms in total. The zero-order valence-electron chi connectivity index (χ0n) is 13.4. The summed E-state index contributed by atoms with van der Waals surface area (Å²) in [5.74, 6) is -0.576. The third-order valence-corrected chi connectivity index (χ3v) is 3.11. The number of ether oxygens (including phenoxy) is 1. The molecule has 0 aliphatic heterocycles. The van der Waals surface area contributed by atoms with Gasteiger partial charge in [-0.05, 0) is 45.6 Å². The molecule has 5 heteroatoms. The lowest BCUT2D eigenvalue weighted by atomic mass is 10.1. The van der Waals surface area contributed by atoms with Crippen LogP contribution in [0.5, 0.6) is 0 Å². The van der Waals surface area contributed by atoms with E-state index in [0.717, 1.165) is 12.1 Å². The Balaban J connectivity index is 2.86. The number of hydrogen-bond acceptors (Lipinski definition) is 4. The minimum atomic E-state index is -0.415. The molecule has 0 heterocycles. The summed E-state index contributed by atoms with van der Waals surface area (Å²) in [5, 5.41) is 0. The van der Waals surface area contributed by atoms with E-state index in [1.54, 1.807) is 12.1 Å². The number of nitrogens with zero attached hydrogens (tertiary/aromatic N) is 2. The molecule has 0 radical (unpaired) electrons. The predicted octanol–water partition coefficient (Wildman–Crippen LogP) is 1.77. The van der Waals surface area contributed by atoms with E-state index in [9.17, 15) is 9.59 Å². The Morgan fingerprint density at radius 3 is 2.14 bits per heavy atom.